The molecule has 0 aliphatic heterocycles. The van der Waals surface area contributed by atoms with Gasteiger partial charge in [0.15, 0.2) is 0 Å². The fourth-order valence-electron chi connectivity index (χ4n) is 1.00. The summed E-state index contributed by atoms with van der Waals surface area (Å²) in [6.45, 7) is 7.00. The number of hydrogen-bond acceptors (Lipinski definition) is 1. The molecule has 0 unspecified atom stereocenters. The number of nitrogens with zero attached hydrogens (tertiary/aromatic N) is 2. The van der Waals surface area contributed by atoms with Crippen LogP contribution in [-0.2, 0) is 6.54 Å². The molecule has 0 aliphatic rings. The normalized spacial score (nSPS) is 10.5. The topological polar surface area (TPSA) is 17.8 Å². The van der Waals surface area contributed by atoms with E-state index in [0.29, 0.717) is 0 Å². The molecule has 1 aromatic rings. The van der Waals surface area contributed by atoms with E-state index < -0.39 is 0 Å². The second kappa shape index (κ2) is 3.26. The molecule has 0 amide bonds. The van der Waals surface area contributed by atoms with Crippen molar-refractivity contribution in [3.8, 4) is 0 Å². The minimum absolute atomic E-state index is 0.782. The van der Waals surface area contributed by atoms with Gasteiger partial charge < -0.3 is 0 Å². The van der Waals surface area contributed by atoms with E-state index >= 15 is 0 Å². The molecule has 0 aromatic carbocycles. The summed E-state index contributed by atoms with van der Waals surface area (Å²) >= 11 is 5.99. The zero-order valence-electron chi connectivity index (χ0n) is 7.19. The van der Waals surface area contributed by atoms with Gasteiger partial charge in [0.2, 0.25) is 0 Å². The molecule has 1 heterocycles. The first-order chi connectivity index (χ1) is 5.16. The Kier molecular flexibility index (Phi) is 2.55. The van der Waals surface area contributed by atoms with Crippen LogP contribution >= 0.6 is 11.6 Å². The summed E-state index contributed by atoms with van der Waals surface area (Å²) in [5.74, 6) is 0. The van der Waals surface area contributed by atoms with Crippen molar-refractivity contribution in [3.63, 3.8) is 0 Å². The summed E-state index contributed by atoms with van der Waals surface area (Å²) in [5, 5.41) is 5.07. The lowest BCUT2D eigenvalue weighted by atomic mass is 10.3. The van der Waals surface area contributed by atoms with Crippen molar-refractivity contribution in [2.45, 2.75) is 33.7 Å². The minimum Gasteiger partial charge on any atom is -0.254 e. The van der Waals surface area contributed by atoms with Crippen LogP contribution in [0.15, 0.2) is 0 Å². The lowest BCUT2D eigenvalue weighted by Crippen LogP contribution is -1.98. The molecule has 0 saturated carbocycles. The van der Waals surface area contributed by atoms with Crippen LogP contribution in [0.2, 0.25) is 5.15 Å². The Labute approximate surface area is 72.2 Å². The maximum atomic E-state index is 5.99. The third-order valence-electron chi connectivity index (χ3n) is 1.78. The van der Waals surface area contributed by atoms with E-state index in [1.807, 2.05) is 18.5 Å². The average Bonchev–Trinajstić information content (AvgIpc) is 2.19. The number of aromatic nitrogens is 2. The third-order valence-corrected chi connectivity index (χ3v) is 2.26. The molecule has 0 aliphatic carbocycles. The Morgan fingerprint density at radius 3 is 2.45 bits per heavy atom. The fourth-order valence-corrected chi connectivity index (χ4v) is 1.26. The zero-order chi connectivity index (χ0) is 8.43. The monoisotopic (exact) mass is 172 g/mol. The van der Waals surface area contributed by atoms with Crippen molar-refractivity contribution < 1.29 is 0 Å². The predicted octanol–water partition coefficient (Wildman–Crippen LogP) is 2.56. The van der Waals surface area contributed by atoms with Crippen LogP contribution < -0.4 is 0 Å². The van der Waals surface area contributed by atoms with Crippen LogP contribution in [-0.4, -0.2) is 9.78 Å². The molecule has 0 bridgehead atoms. The van der Waals surface area contributed by atoms with Crippen molar-refractivity contribution >= 4 is 11.6 Å². The molecule has 1 aromatic heterocycles. The number of aryl methyl sites for hydroxylation is 2. The molecule has 0 fully saturated rings. The highest BCUT2D eigenvalue weighted by Gasteiger charge is 2.06. The van der Waals surface area contributed by atoms with Gasteiger partial charge in [-0.15, -0.1) is 0 Å². The van der Waals surface area contributed by atoms with Gasteiger partial charge in [0.05, 0.1) is 5.69 Å². The van der Waals surface area contributed by atoms with Crippen LogP contribution in [0.3, 0.4) is 0 Å². The molecule has 0 N–H and O–H groups in total. The Morgan fingerprint density at radius 1 is 1.45 bits per heavy atom. The molecule has 0 spiro atoms. The molecule has 0 radical (unpaired) electrons. The summed E-state index contributed by atoms with van der Waals surface area (Å²) < 4.78 is 1.85. The van der Waals surface area contributed by atoms with Crippen LogP contribution in [0, 0.1) is 13.8 Å². The number of halogens is 1. The summed E-state index contributed by atoms with van der Waals surface area (Å²) in [7, 11) is 0. The van der Waals surface area contributed by atoms with Crippen molar-refractivity contribution in [2.75, 3.05) is 0 Å². The van der Waals surface area contributed by atoms with Crippen LogP contribution in [0.5, 0.6) is 0 Å². The third kappa shape index (κ3) is 1.56. The largest absolute Gasteiger partial charge is 0.254 e. The van der Waals surface area contributed by atoms with E-state index in [4.69, 9.17) is 11.6 Å². The summed E-state index contributed by atoms with van der Waals surface area (Å²) in [5.41, 5.74) is 2.13. The van der Waals surface area contributed by atoms with Gasteiger partial charge in [-0.05, 0) is 20.3 Å². The van der Waals surface area contributed by atoms with Gasteiger partial charge >= 0.3 is 0 Å². The maximum absolute atomic E-state index is 5.99. The Morgan fingerprint density at radius 2 is 2.09 bits per heavy atom. The summed E-state index contributed by atoms with van der Waals surface area (Å²) in [4.78, 5) is 0. The van der Waals surface area contributed by atoms with Gasteiger partial charge in [0.25, 0.3) is 0 Å². The SMILES string of the molecule is CCCn1nc(C)c(C)c1Cl. The van der Waals surface area contributed by atoms with Crippen molar-refractivity contribution in [3.05, 3.63) is 16.4 Å². The van der Waals surface area contributed by atoms with E-state index in [9.17, 15) is 0 Å². The minimum atomic E-state index is 0.782. The standard InChI is InChI=1S/C8H13ClN2/c1-4-5-11-8(9)6(2)7(3)10-11/h4-5H2,1-3H3. The molecule has 0 saturated heterocycles. The lowest BCUT2D eigenvalue weighted by molar-refractivity contribution is 0.599. The van der Waals surface area contributed by atoms with Gasteiger partial charge in [-0.3, -0.25) is 4.68 Å². The fraction of sp³-hybridized carbons (Fsp3) is 0.625. The molecule has 3 heteroatoms. The van der Waals surface area contributed by atoms with E-state index in [2.05, 4.69) is 12.0 Å². The van der Waals surface area contributed by atoms with E-state index in [-0.39, 0.29) is 0 Å². The Bertz CT molecular complexity index is 253. The summed E-state index contributed by atoms with van der Waals surface area (Å²) in [6.07, 6.45) is 1.07. The molecule has 62 valence electrons. The first-order valence-corrected chi connectivity index (χ1v) is 4.24. The Balaban J connectivity index is 2.98. The first kappa shape index (κ1) is 8.60. The lowest BCUT2D eigenvalue weighted by Gasteiger charge is -1.98. The zero-order valence-corrected chi connectivity index (χ0v) is 7.94. The number of hydrogen-bond donors (Lipinski definition) is 0. The first-order valence-electron chi connectivity index (χ1n) is 3.86. The van der Waals surface area contributed by atoms with Crippen molar-refractivity contribution in [1.29, 1.82) is 0 Å². The molecule has 1 rings (SSSR count). The number of rotatable bonds is 2. The highest BCUT2D eigenvalue weighted by atomic mass is 35.5. The predicted molar refractivity (Wildman–Crippen MR) is 47.0 cm³/mol. The van der Waals surface area contributed by atoms with Crippen molar-refractivity contribution in [1.82, 2.24) is 9.78 Å². The maximum Gasteiger partial charge on any atom is 0.130 e. The molecule has 2 nitrogen and oxygen atoms in total. The second-order valence-corrected chi connectivity index (χ2v) is 3.08. The average molecular weight is 173 g/mol. The van der Waals surface area contributed by atoms with Gasteiger partial charge in [0.1, 0.15) is 5.15 Å². The quantitative estimate of drug-likeness (QED) is 0.671. The van der Waals surface area contributed by atoms with Crippen molar-refractivity contribution in [2.24, 2.45) is 0 Å². The second-order valence-electron chi connectivity index (χ2n) is 2.72. The highest BCUT2D eigenvalue weighted by Crippen LogP contribution is 2.17. The smallest absolute Gasteiger partial charge is 0.130 e. The van der Waals surface area contributed by atoms with Crippen LogP contribution in [0.4, 0.5) is 0 Å². The van der Waals surface area contributed by atoms with Crippen LogP contribution in [0.1, 0.15) is 24.6 Å². The summed E-state index contributed by atoms with van der Waals surface area (Å²) in [6, 6.07) is 0. The Hall–Kier alpha value is -0.500. The highest BCUT2D eigenvalue weighted by molar-refractivity contribution is 6.30. The molecule has 0 atom stereocenters. The molecular weight excluding hydrogens is 160 g/mol. The molecule has 11 heavy (non-hydrogen) atoms. The van der Waals surface area contributed by atoms with E-state index in [1.54, 1.807) is 0 Å². The molecular formula is C8H13ClN2. The van der Waals surface area contributed by atoms with Gasteiger partial charge in [-0.1, -0.05) is 18.5 Å². The van der Waals surface area contributed by atoms with Gasteiger partial charge in [-0.2, -0.15) is 5.10 Å². The van der Waals surface area contributed by atoms with E-state index in [1.165, 1.54) is 0 Å². The van der Waals surface area contributed by atoms with Crippen LogP contribution in [0.25, 0.3) is 0 Å². The van der Waals surface area contributed by atoms with Gasteiger partial charge in [-0.25, -0.2) is 0 Å². The van der Waals surface area contributed by atoms with E-state index in [0.717, 1.165) is 29.4 Å². The van der Waals surface area contributed by atoms with Gasteiger partial charge in [0, 0.05) is 12.1 Å².